The molecule has 1 aliphatic heterocycles. The van der Waals surface area contributed by atoms with E-state index in [9.17, 15) is 14.7 Å². The van der Waals surface area contributed by atoms with Crippen molar-refractivity contribution in [2.75, 3.05) is 5.75 Å². The van der Waals surface area contributed by atoms with Crippen molar-refractivity contribution in [1.29, 1.82) is 0 Å². The Morgan fingerprint density at radius 2 is 2.07 bits per heavy atom. The van der Waals surface area contributed by atoms with Gasteiger partial charge < -0.3 is 9.90 Å². The van der Waals surface area contributed by atoms with Gasteiger partial charge in [0.1, 0.15) is 5.52 Å². The van der Waals surface area contributed by atoms with Crippen molar-refractivity contribution in [1.82, 2.24) is 24.5 Å². The summed E-state index contributed by atoms with van der Waals surface area (Å²) in [6, 6.07) is 11.8. The fraction of sp³-hybridized carbons (Fsp3) is 0.150. The van der Waals surface area contributed by atoms with E-state index in [1.807, 2.05) is 36.4 Å². The zero-order chi connectivity index (χ0) is 20.0. The summed E-state index contributed by atoms with van der Waals surface area (Å²) >= 11 is 1.34. The van der Waals surface area contributed by atoms with Gasteiger partial charge in [0.2, 0.25) is 0 Å². The van der Waals surface area contributed by atoms with Crippen LogP contribution in [0, 0.1) is 0 Å². The minimum absolute atomic E-state index is 0. The molecule has 0 spiro atoms. The Balaban J connectivity index is 0.00000218. The number of rotatable bonds is 4. The predicted molar refractivity (Wildman–Crippen MR) is 105 cm³/mol. The molecule has 1 aromatic carbocycles. The van der Waals surface area contributed by atoms with E-state index in [0.717, 1.165) is 27.7 Å². The summed E-state index contributed by atoms with van der Waals surface area (Å²) in [4.78, 5) is 28.5. The van der Waals surface area contributed by atoms with Crippen molar-refractivity contribution in [2.24, 2.45) is 0 Å². The number of hydrogen-bond acceptors (Lipinski definition) is 7. The molecule has 5 rings (SSSR count). The van der Waals surface area contributed by atoms with E-state index < -0.39 is 12.0 Å². The number of fused-ring (bicyclic) bond motifs is 2. The second-order valence-electron chi connectivity index (χ2n) is 6.68. The molecule has 144 valence electrons. The van der Waals surface area contributed by atoms with Crippen LogP contribution in [0.1, 0.15) is 11.6 Å². The maximum Gasteiger partial charge on any atom is 1.00 e. The van der Waals surface area contributed by atoms with Crippen molar-refractivity contribution in [2.45, 2.75) is 17.6 Å². The van der Waals surface area contributed by atoms with Crippen LogP contribution in [0.3, 0.4) is 0 Å². The van der Waals surface area contributed by atoms with Crippen LogP contribution < -0.4 is 29.5 Å². The van der Waals surface area contributed by atoms with Crippen molar-refractivity contribution in [3.05, 3.63) is 70.8 Å². The Hall–Kier alpha value is -2.86. The fourth-order valence-corrected chi connectivity index (χ4v) is 4.98. The number of carbonyl (C=O) groups excluding carboxylic acids is 1. The van der Waals surface area contributed by atoms with Crippen LogP contribution in [0.15, 0.2) is 64.7 Å². The number of nitrogens with zero attached hydrogens (tertiary/aromatic N) is 5. The van der Waals surface area contributed by atoms with Gasteiger partial charge in [-0.3, -0.25) is 14.3 Å². The molecular formula is C20H14LiN5O3S. The second kappa shape index (κ2) is 8.11. The largest absolute Gasteiger partial charge is 1.00 e. The van der Waals surface area contributed by atoms with E-state index in [-0.39, 0.29) is 30.2 Å². The van der Waals surface area contributed by atoms with Crippen LogP contribution in [-0.4, -0.2) is 36.3 Å². The molecule has 0 amide bonds. The Labute approximate surface area is 187 Å². The first-order valence-electron chi connectivity index (χ1n) is 8.94. The van der Waals surface area contributed by atoms with E-state index in [2.05, 4.69) is 15.3 Å². The molecule has 0 saturated carbocycles. The molecule has 0 unspecified atom stereocenters. The monoisotopic (exact) mass is 411 g/mol. The Morgan fingerprint density at radius 3 is 2.83 bits per heavy atom. The normalized spacial score (nSPS) is 15.0. The van der Waals surface area contributed by atoms with Crippen LogP contribution in [0.4, 0.5) is 0 Å². The molecule has 0 N–H and O–H groups in total. The van der Waals surface area contributed by atoms with Crippen LogP contribution >= 0.6 is 11.8 Å². The average molecular weight is 411 g/mol. The standard InChI is InChI=1S/C20H15N5O3S.Li/c26-17-8-13(10-24-15-6-2-1-5-14(15)22-23-24)18(12-4-3-7-21-9-12)19-25(17)16(11-29-19)20(27)28;/h1-9,16H,10-11H2,(H,27,28);/q;+1/p-1/t16-;/m0./s1. The molecule has 4 aromatic rings. The van der Waals surface area contributed by atoms with Gasteiger partial charge >= 0.3 is 18.9 Å². The Bertz CT molecular complexity index is 1310. The first kappa shape index (κ1) is 20.4. The maximum atomic E-state index is 12.8. The van der Waals surface area contributed by atoms with E-state index in [1.54, 1.807) is 17.1 Å². The van der Waals surface area contributed by atoms with Crippen molar-refractivity contribution in [3.63, 3.8) is 0 Å². The molecular weight excluding hydrogens is 397 g/mol. The first-order chi connectivity index (χ1) is 14.1. The molecule has 0 radical (unpaired) electrons. The summed E-state index contributed by atoms with van der Waals surface area (Å²) in [5.41, 5.74) is 3.57. The van der Waals surface area contributed by atoms with Gasteiger partial charge in [0.05, 0.1) is 29.1 Å². The summed E-state index contributed by atoms with van der Waals surface area (Å²) in [6.45, 7) is 0.324. The predicted octanol–water partition coefficient (Wildman–Crippen LogP) is -1.90. The number of carboxylic acids is 1. The molecule has 0 saturated heterocycles. The number of benzene rings is 1. The van der Waals surface area contributed by atoms with Gasteiger partial charge in [0.15, 0.2) is 0 Å². The molecule has 3 aromatic heterocycles. The van der Waals surface area contributed by atoms with Crippen LogP contribution in [0.25, 0.3) is 22.2 Å². The maximum absolute atomic E-state index is 12.8. The molecule has 10 heteroatoms. The molecule has 1 atom stereocenters. The van der Waals surface area contributed by atoms with Gasteiger partial charge in [-0.2, -0.15) is 0 Å². The molecule has 0 fully saturated rings. The van der Waals surface area contributed by atoms with Crippen LogP contribution in [0.2, 0.25) is 0 Å². The number of thioether (sulfide) groups is 1. The van der Waals surface area contributed by atoms with E-state index in [1.165, 1.54) is 22.4 Å². The van der Waals surface area contributed by atoms with E-state index in [4.69, 9.17) is 0 Å². The quantitative estimate of drug-likeness (QED) is 0.361. The van der Waals surface area contributed by atoms with Gasteiger partial charge in [-0.1, -0.05) is 23.4 Å². The van der Waals surface area contributed by atoms with Crippen molar-refractivity contribution < 1.29 is 28.8 Å². The van der Waals surface area contributed by atoms with Crippen molar-refractivity contribution in [3.8, 4) is 11.1 Å². The molecule has 4 heterocycles. The smallest absolute Gasteiger partial charge is 0.548 e. The zero-order valence-electron chi connectivity index (χ0n) is 16.1. The SMILES string of the molecule is O=C([O-])[C@@H]1CSc2c(-c3cccnc3)c(Cn3nnc4ccccc43)cc(=O)n21.[Li+]. The van der Waals surface area contributed by atoms with Crippen LogP contribution in [0.5, 0.6) is 0 Å². The third-order valence-corrected chi connectivity index (χ3v) is 6.10. The molecule has 0 bridgehead atoms. The molecule has 1 aliphatic rings. The second-order valence-corrected chi connectivity index (χ2v) is 7.69. The summed E-state index contributed by atoms with van der Waals surface area (Å²) in [5.74, 6) is -1.01. The van der Waals surface area contributed by atoms with Gasteiger partial charge in [-0.05, 0) is 23.8 Å². The number of para-hydroxylation sites is 1. The molecule has 0 aliphatic carbocycles. The number of aromatic nitrogens is 5. The number of aliphatic carboxylic acids is 1. The van der Waals surface area contributed by atoms with Gasteiger partial charge in [-0.15, -0.1) is 16.9 Å². The van der Waals surface area contributed by atoms with Crippen LogP contribution in [-0.2, 0) is 11.3 Å². The summed E-state index contributed by atoms with van der Waals surface area (Å²) in [6.07, 6.45) is 3.37. The number of carbonyl (C=O) groups is 1. The zero-order valence-corrected chi connectivity index (χ0v) is 16.9. The third-order valence-electron chi connectivity index (χ3n) is 4.94. The fourth-order valence-electron chi connectivity index (χ4n) is 3.63. The van der Waals surface area contributed by atoms with Gasteiger partial charge in [-0.25, -0.2) is 4.68 Å². The van der Waals surface area contributed by atoms with Gasteiger partial charge in [0.25, 0.3) is 5.56 Å². The number of hydrogen-bond donors (Lipinski definition) is 0. The minimum Gasteiger partial charge on any atom is -0.548 e. The van der Waals surface area contributed by atoms with E-state index >= 15 is 0 Å². The molecule has 30 heavy (non-hydrogen) atoms. The third kappa shape index (κ3) is 3.35. The summed E-state index contributed by atoms with van der Waals surface area (Å²) in [5, 5.41) is 20.5. The Morgan fingerprint density at radius 1 is 1.23 bits per heavy atom. The summed E-state index contributed by atoms with van der Waals surface area (Å²) < 4.78 is 3.04. The molecule has 8 nitrogen and oxygen atoms in total. The topological polar surface area (TPSA) is 106 Å². The minimum atomic E-state index is -1.26. The van der Waals surface area contributed by atoms with Gasteiger partial charge in [0, 0.05) is 35.3 Å². The first-order valence-corrected chi connectivity index (χ1v) is 9.93. The number of carboxylic acid groups (broad SMARTS) is 1. The number of pyridine rings is 2. The summed E-state index contributed by atoms with van der Waals surface area (Å²) in [7, 11) is 0. The average Bonchev–Trinajstić information content (AvgIpc) is 3.34. The van der Waals surface area contributed by atoms with Crippen molar-refractivity contribution >= 4 is 28.8 Å². The Kier molecular flexibility index (Phi) is 5.52. The van der Waals surface area contributed by atoms with E-state index in [0.29, 0.717) is 11.6 Å².